The molecule has 3 N–H and O–H groups in total. The van der Waals surface area contributed by atoms with Crippen molar-refractivity contribution in [1.82, 2.24) is 9.88 Å². The highest BCUT2D eigenvalue weighted by atomic mass is 35.5. The first kappa shape index (κ1) is 22.0. The van der Waals surface area contributed by atoms with Gasteiger partial charge < -0.3 is 15.5 Å². The Bertz CT molecular complexity index is 1110. The maximum absolute atomic E-state index is 12.6. The molecule has 0 saturated carbocycles. The number of likely N-dealkylation sites (tertiary alicyclic amines) is 1. The van der Waals surface area contributed by atoms with Crippen molar-refractivity contribution >= 4 is 29.1 Å². The van der Waals surface area contributed by atoms with Gasteiger partial charge in [-0.3, -0.25) is 14.5 Å². The number of benzene rings is 2. The summed E-state index contributed by atoms with van der Waals surface area (Å²) < 4.78 is 5.77. The van der Waals surface area contributed by atoms with Gasteiger partial charge in [-0.15, -0.1) is 0 Å². The number of nitrogens with one attached hydrogen (secondary N) is 1. The van der Waals surface area contributed by atoms with Crippen molar-refractivity contribution in [2.45, 2.75) is 38.3 Å². The zero-order chi connectivity index (χ0) is 22.5. The van der Waals surface area contributed by atoms with Gasteiger partial charge in [0.25, 0.3) is 0 Å². The lowest BCUT2D eigenvalue weighted by molar-refractivity contribution is -0.122. The third-order valence-electron chi connectivity index (χ3n) is 5.62. The lowest BCUT2D eigenvalue weighted by Gasteiger charge is -2.23. The molecule has 1 unspecified atom stereocenters. The Morgan fingerprint density at radius 2 is 1.97 bits per heavy atom. The molecule has 1 aromatic heterocycles. The quantitative estimate of drug-likeness (QED) is 0.537. The number of nitrogens with zero attached hydrogens (tertiary/aromatic N) is 2. The van der Waals surface area contributed by atoms with Crippen LogP contribution in [0, 0.1) is 0 Å². The molecule has 0 spiro atoms. The van der Waals surface area contributed by atoms with E-state index in [2.05, 4.69) is 15.2 Å². The second kappa shape index (κ2) is 9.97. The maximum Gasteiger partial charge on any atom is 0.234 e. The SMILES string of the molecule is NC(=O)C1CCCN1Cc1ccccc1NC(=O)CCc1ncc(-c2ccccc2Cl)o1. The van der Waals surface area contributed by atoms with E-state index in [4.69, 9.17) is 21.8 Å². The van der Waals surface area contributed by atoms with Crippen LogP contribution in [0.25, 0.3) is 11.3 Å². The fraction of sp³-hybridized carbons (Fsp3) is 0.292. The first-order valence-electron chi connectivity index (χ1n) is 10.6. The third kappa shape index (κ3) is 5.18. The third-order valence-corrected chi connectivity index (χ3v) is 5.95. The van der Waals surface area contributed by atoms with Crippen molar-refractivity contribution < 1.29 is 14.0 Å². The van der Waals surface area contributed by atoms with Crippen LogP contribution in [0.15, 0.2) is 59.1 Å². The van der Waals surface area contributed by atoms with Crippen molar-refractivity contribution in [2.24, 2.45) is 5.73 Å². The van der Waals surface area contributed by atoms with E-state index in [1.807, 2.05) is 42.5 Å². The minimum absolute atomic E-state index is 0.136. The van der Waals surface area contributed by atoms with Crippen molar-refractivity contribution in [2.75, 3.05) is 11.9 Å². The minimum atomic E-state index is -0.300. The number of carbonyl (C=O) groups excluding carboxylic acids is 2. The number of para-hydroxylation sites is 1. The summed E-state index contributed by atoms with van der Waals surface area (Å²) in [7, 11) is 0. The van der Waals surface area contributed by atoms with Crippen LogP contribution in [-0.4, -0.2) is 34.3 Å². The maximum atomic E-state index is 12.6. The number of halogens is 1. The van der Waals surface area contributed by atoms with E-state index < -0.39 is 0 Å². The van der Waals surface area contributed by atoms with Gasteiger partial charge in [0.2, 0.25) is 11.8 Å². The number of amides is 2. The van der Waals surface area contributed by atoms with Gasteiger partial charge in [-0.05, 0) is 43.1 Å². The summed E-state index contributed by atoms with van der Waals surface area (Å²) in [6.07, 6.45) is 3.93. The molecule has 8 heteroatoms. The average Bonchev–Trinajstić information content (AvgIpc) is 3.44. The van der Waals surface area contributed by atoms with Crippen molar-refractivity contribution in [3.63, 3.8) is 0 Å². The number of carbonyl (C=O) groups is 2. The van der Waals surface area contributed by atoms with E-state index in [0.29, 0.717) is 29.6 Å². The van der Waals surface area contributed by atoms with Gasteiger partial charge in [-0.1, -0.05) is 41.9 Å². The molecular formula is C24H25ClN4O3. The summed E-state index contributed by atoms with van der Waals surface area (Å²) in [6.45, 7) is 1.37. The van der Waals surface area contributed by atoms with Gasteiger partial charge >= 0.3 is 0 Å². The number of rotatable bonds is 8. The molecule has 3 aromatic rings. The Morgan fingerprint density at radius 3 is 2.78 bits per heavy atom. The summed E-state index contributed by atoms with van der Waals surface area (Å²) >= 11 is 6.21. The van der Waals surface area contributed by atoms with Gasteiger partial charge in [0.15, 0.2) is 11.7 Å². The number of hydrogen-bond acceptors (Lipinski definition) is 5. The molecule has 0 bridgehead atoms. The van der Waals surface area contributed by atoms with Gasteiger partial charge in [-0.2, -0.15) is 0 Å². The number of aromatic nitrogens is 1. The highest BCUT2D eigenvalue weighted by Gasteiger charge is 2.29. The van der Waals surface area contributed by atoms with Crippen molar-refractivity contribution in [1.29, 1.82) is 0 Å². The predicted octanol–water partition coefficient (Wildman–Crippen LogP) is 4.02. The molecule has 2 aromatic carbocycles. The zero-order valence-electron chi connectivity index (χ0n) is 17.6. The Hall–Kier alpha value is -3.16. The van der Waals surface area contributed by atoms with Gasteiger partial charge in [0.05, 0.1) is 17.3 Å². The second-order valence-corrected chi connectivity index (χ2v) is 8.24. The fourth-order valence-corrected chi connectivity index (χ4v) is 4.21. The van der Waals surface area contributed by atoms with Crippen LogP contribution in [0.3, 0.4) is 0 Å². The molecule has 2 heterocycles. The molecule has 0 aliphatic carbocycles. The second-order valence-electron chi connectivity index (χ2n) is 7.83. The van der Waals surface area contributed by atoms with Crippen LogP contribution in [0.5, 0.6) is 0 Å². The summed E-state index contributed by atoms with van der Waals surface area (Å²) in [5.41, 5.74) is 7.98. The van der Waals surface area contributed by atoms with Gasteiger partial charge in [0, 0.05) is 30.6 Å². The van der Waals surface area contributed by atoms with Crippen LogP contribution in [-0.2, 0) is 22.6 Å². The molecule has 0 radical (unpaired) electrons. The molecule has 2 amide bonds. The largest absolute Gasteiger partial charge is 0.441 e. The summed E-state index contributed by atoms with van der Waals surface area (Å²) in [5.74, 6) is 0.615. The average molecular weight is 453 g/mol. The molecule has 7 nitrogen and oxygen atoms in total. The van der Waals surface area contributed by atoms with Crippen LogP contribution in [0.1, 0.15) is 30.7 Å². The predicted molar refractivity (Wildman–Crippen MR) is 123 cm³/mol. The number of hydrogen-bond donors (Lipinski definition) is 2. The van der Waals surface area contributed by atoms with E-state index in [0.717, 1.165) is 36.2 Å². The number of oxazole rings is 1. The van der Waals surface area contributed by atoms with E-state index >= 15 is 0 Å². The molecule has 32 heavy (non-hydrogen) atoms. The monoisotopic (exact) mass is 452 g/mol. The summed E-state index contributed by atoms with van der Waals surface area (Å²) in [5, 5.41) is 3.56. The first-order chi connectivity index (χ1) is 15.5. The van der Waals surface area contributed by atoms with Crippen LogP contribution >= 0.6 is 11.6 Å². The minimum Gasteiger partial charge on any atom is -0.441 e. The smallest absolute Gasteiger partial charge is 0.234 e. The van der Waals surface area contributed by atoms with E-state index in [9.17, 15) is 9.59 Å². The Balaban J connectivity index is 1.36. The zero-order valence-corrected chi connectivity index (χ0v) is 18.3. The van der Waals surface area contributed by atoms with Gasteiger partial charge in [0.1, 0.15) is 0 Å². The summed E-state index contributed by atoms with van der Waals surface area (Å²) in [6, 6.07) is 14.7. The van der Waals surface area contributed by atoms with Gasteiger partial charge in [-0.25, -0.2) is 4.98 Å². The number of nitrogens with two attached hydrogens (primary N) is 1. The first-order valence-corrected chi connectivity index (χ1v) is 11.0. The number of aryl methyl sites for hydroxylation is 1. The number of anilines is 1. The topological polar surface area (TPSA) is 101 Å². The molecule has 1 atom stereocenters. The van der Waals surface area contributed by atoms with E-state index in [1.54, 1.807) is 12.3 Å². The molecule has 4 rings (SSSR count). The fourth-order valence-electron chi connectivity index (χ4n) is 3.98. The lowest BCUT2D eigenvalue weighted by Crippen LogP contribution is -2.39. The number of primary amides is 1. The molecule has 1 fully saturated rings. The van der Waals surface area contributed by atoms with Crippen molar-refractivity contribution in [3.8, 4) is 11.3 Å². The Morgan fingerprint density at radius 1 is 1.19 bits per heavy atom. The van der Waals surface area contributed by atoms with Crippen LogP contribution in [0.4, 0.5) is 5.69 Å². The molecular weight excluding hydrogens is 428 g/mol. The Kier molecular flexibility index (Phi) is 6.87. The molecule has 1 saturated heterocycles. The lowest BCUT2D eigenvalue weighted by atomic mass is 10.1. The standard InChI is InChI=1S/C24H25ClN4O3/c25-18-8-3-2-7-17(18)21-14-27-23(32-21)12-11-22(30)28-19-9-4-1-6-16(19)15-29-13-5-10-20(29)24(26)31/h1-4,6-9,14,20H,5,10-13,15H2,(H2,26,31)(H,28,30). The summed E-state index contributed by atoms with van der Waals surface area (Å²) in [4.78, 5) is 30.6. The highest BCUT2D eigenvalue weighted by molar-refractivity contribution is 6.33. The van der Waals surface area contributed by atoms with E-state index in [1.165, 1.54) is 0 Å². The van der Waals surface area contributed by atoms with E-state index in [-0.39, 0.29) is 24.3 Å². The highest BCUT2D eigenvalue weighted by Crippen LogP contribution is 2.28. The molecule has 1 aliphatic rings. The van der Waals surface area contributed by atoms with Crippen LogP contribution in [0.2, 0.25) is 5.02 Å². The van der Waals surface area contributed by atoms with Crippen molar-refractivity contribution in [3.05, 3.63) is 71.2 Å². The molecule has 1 aliphatic heterocycles. The molecule has 166 valence electrons. The van der Waals surface area contributed by atoms with Crippen LogP contribution < -0.4 is 11.1 Å². The normalized spacial score (nSPS) is 16.2. The Labute approximate surface area is 191 Å².